The van der Waals surface area contributed by atoms with Crippen molar-refractivity contribution in [1.82, 2.24) is 4.90 Å². The van der Waals surface area contributed by atoms with E-state index in [2.05, 4.69) is 0 Å². The fourth-order valence-corrected chi connectivity index (χ4v) is 3.92. The first-order chi connectivity index (χ1) is 15.0. The quantitative estimate of drug-likeness (QED) is 0.481. The van der Waals surface area contributed by atoms with Gasteiger partial charge in [-0.25, -0.2) is 4.79 Å². The molecule has 1 unspecified atom stereocenters. The molecule has 1 fully saturated rings. The van der Waals surface area contributed by atoms with Gasteiger partial charge < -0.3 is 30.0 Å². The predicted octanol–water partition coefficient (Wildman–Crippen LogP) is 2.70. The van der Waals surface area contributed by atoms with Crippen LogP contribution >= 0.6 is 0 Å². The van der Waals surface area contributed by atoms with Gasteiger partial charge in [0.05, 0.1) is 13.2 Å². The van der Waals surface area contributed by atoms with Crippen molar-refractivity contribution < 1.29 is 24.1 Å². The third-order valence-corrected chi connectivity index (χ3v) is 5.66. The van der Waals surface area contributed by atoms with Crippen LogP contribution in [-0.2, 0) is 22.5 Å². The van der Waals surface area contributed by atoms with Crippen LogP contribution in [0.15, 0.2) is 42.5 Å². The van der Waals surface area contributed by atoms with Crippen molar-refractivity contribution in [2.45, 2.75) is 38.0 Å². The second-order valence-corrected chi connectivity index (χ2v) is 7.82. The third kappa shape index (κ3) is 5.08. The van der Waals surface area contributed by atoms with E-state index in [1.165, 1.54) is 0 Å². The second kappa shape index (κ2) is 9.26. The Morgan fingerprint density at radius 3 is 2.52 bits per heavy atom. The van der Waals surface area contributed by atoms with Gasteiger partial charge in [0.1, 0.15) is 17.6 Å². The van der Waals surface area contributed by atoms with E-state index >= 15 is 0 Å². The van der Waals surface area contributed by atoms with E-state index in [-0.39, 0.29) is 12.1 Å². The van der Waals surface area contributed by atoms with Crippen LogP contribution in [0.25, 0.3) is 0 Å². The van der Waals surface area contributed by atoms with Gasteiger partial charge in [-0.1, -0.05) is 18.2 Å². The van der Waals surface area contributed by atoms with Crippen LogP contribution in [0.3, 0.4) is 0 Å². The standard InChI is InChI=1S/C23H27N3O5/c24-23(25)26-10-7-15-1-6-20(13-17(15)14-26)31-21(22(27)28)16-2-4-18(5-3-16)30-19-8-11-29-12-9-19/h1-6,13,19,21H,7-12,14H2,(H3,24,25)(H,27,28). The number of benzene rings is 2. The highest BCUT2D eigenvalue weighted by Gasteiger charge is 2.24. The van der Waals surface area contributed by atoms with Gasteiger partial charge in [0.25, 0.3) is 0 Å². The second-order valence-electron chi connectivity index (χ2n) is 7.82. The number of aliphatic carboxylic acids is 1. The van der Waals surface area contributed by atoms with Crippen molar-refractivity contribution >= 4 is 11.9 Å². The van der Waals surface area contributed by atoms with Gasteiger partial charge in [-0.15, -0.1) is 0 Å². The fourth-order valence-electron chi connectivity index (χ4n) is 3.92. The summed E-state index contributed by atoms with van der Waals surface area (Å²) in [6, 6.07) is 12.6. The Morgan fingerprint density at radius 1 is 1.13 bits per heavy atom. The molecule has 8 heteroatoms. The average Bonchev–Trinajstić information content (AvgIpc) is 2.78. The molecule has 0 aliphatic carbocycles. The molecule has 0 aromatic heterocycles. The van der Waals surface area contributed by atoms with Gasteiger partial charge >= 0.3 is 5.97 Å². The first kappa shape index (κ1) is 21.0. The van der Waals surface area contributed by atoms with E-state index in [9.17, 15) is 9.90 Å². The lowest BCUT2D eigenvalue weighted by Gasteiger charge is -2.29. The molecule has 164 valence electrons. The van der Waals surface area contributed by atoms with Crippen LogP contribution in [0.1, 0.15) is 35.6 Å². The largest absolute Gasteiger partial charge is 0.490 e. The lowest BCUT2D eigenvalue weighted by atomic mass is 9.99. The number of carboxylic acids is 1. The maximum Gasteiger partial charge on any atom is 0.349 e. The SMILES string of the molecule is N=C(N)N1CCc2ccc(OC(C(=O)O)c3ccc(OC4CCOCC4)cc3)cc2C1. The van der Waals surface area contributed by atoms with Crippen LogP contribution in [0.2, 0.25) is 0 Å². The number of nitrogens with zero attached hydrogens (tertiary/aromatic N) is 1. The Bertz CT molecular complexity index is 941. The monoisotopic (exact) mass is 425 g/mol. The summed E-state index contributed by atoms with van der Waals surface area (Å²) in [4.78, 5) is 13.7. The van der Waals surface area contributed by atoms with E-state index in [1.807, 2.05) is 12.1 Å². The highest BCUT2D eigenvalue weighted by Crippen LogP contribution is 2.29. The van der Waals surface area contributed by atoms with E-state index in [0.717, 1.165) is 30.4 Å². The highest BCUT2D eigenvalue weighted by atomic mass is 16.5. The predicted molar refractivity (Wildman–Crippen MR) is 114 cm³/mol. The Kier molecular flexibility index (Phi) is 6.27. The van der Waals surface area contributed by atoms with Crippen molar-refractivity contribution in [3.8, 4) is 11.5 Å². The number of nitrogens with two attached hydrogens (primary N) is 1. The molecule has 8 nitrogen and oxygen atoms in total. The first-order valence-electron chi connectivity index (χ1n) is 10.4. The maximum absolute atomic E-state index is 11.9. The molecule has 0 saturated carbocycles. The van der Waals surface area contributed by atoms with Gasteiger partial charge in [0.2, 0.25) is 6.10 Å². The molecule has 4 rings (SSSR count). The van der Waals surface area contributed by atoms with Crippen LogP contribution in [0.4, 0.5) is 0 Å². The molecule has 2 aliphatic heterocycles. The van der Waals surface area contributed by atoms with E-state index in [1.54, 1.807) is 35.2 Å². The molecule has 2 aromatic carbocycles. The van der Waals surface area contributed by atoms with Crippen LogP contribution < -0.4 is 15.2 Å². The van der Waals surface area contributed by atoms with Crippen molar-refractivity contribution in [2.75, 3.05) is 19.8 Å². The lowest BCUT2D eigenvalue weighted by molar-refractivity contribution is -0.145. The van der Waals surface area contributed by atoms with Crippen LogP contribution in [0.5, 0.6) is 11.5 Å². The van der Waals surface area contributed by atoms with Crippen LogP contribution in [-0.4, -0.2) is 47.8 Å². The van der Waals surface area contributed by atoms with Gasteiger partial charge in [0, 0.05) is 31.5 Å². The molecule has 2 aromatic rings. The molecule has 0 bridgehead atoms. The molecule has 0 amide bonds. The minimum Gasteiger partial charge on any atom is -0.490 e. The molecule has 1 saturated heterocycles. The van der Waals surface area contributed by atoms with E-state index < -0.39 is 12.1 Å². The summed E-state index contributed by atoms with van der Waals surface area (Å²) in [5.74, 6) is 0.140. The van der Waals surface area contributed by atoms with Crippen molar-refractivity contribution in [1.29, 1.82) is 5.41 Å². The van der Waals surface area contributed by atoms with Gasteiger partial charge in [-0.2, -0.15) is 0 Å². The number of hydrogen-bond acceptors (Lipinski definition) is 5. The molecule has 1 atom stereocenters. The summed E-state index contributed by atoms with van der Waals surface area (Å²) in [5.41, 5.74) is 8.30. The van der Waals surface area contributed by atoms with Crippen molar-refractivity contribution in [2.24, 2.45) is 5.73 Å². The number of nitrogens with one attached hydrogen (secondary N) is 1. The lowest BCUT2D eigenvalue weighted by Crippen LogP contribution is -2.40. The minimum absolute atomic E-state index is 0.0310. The summed E-state index contributed by atoms with van der Waals surface area (Å²) >= 11 is 0. The number of fused-ring (bicyclic) bond motifs is 1. The Balaban J connectivity index is 1.46. The zero-order valence-corrected chi connectivity index (χ0v) is 17.3. The Hall–Kier alpha value is -3.26. The third-order valence-electron chi connectivity index (χ3n) is 5.66. The summed E-state index contributed by atoms with van der Waals surface area (Å²) in [5, 5.41) is 17.4. The zero-order chi connectivity index (χ0) is 21.8. The number of hydrogen-bond donors (Lipinski definition) is 3. The maximum atomic E-state index is 11.9. The Labute approximate surface area is 181 Å². The number of rotatable bonds is 6. The first-order valence-corrected chi connectivity index (χ1v) is 10.4. The summed E-state index contributed by atoms with van der Waals surface area (Å²) in [6.45, 7) is 2.60. The fraction of sp³-hybridized carbons (Fsp3) is 0.391. The summed E-state index contributed by atoms with van der Waals surface area (Å²) in [7, 11) is 0. The average molecular weight is 425 g/mol. The molecule has 31 heavy (non-hydrogen) atoms. The van der Waals surface area contributed by atoms with Gasteiger partial charge in [-0.05, 0) is 41.8 Å². The minimum atomic E-state index is -1.14. The molecule has 0 spiro atoms. The molecule has 4 N–H and O–H groups in total. The summed E-state index contributed by atoms with van der Waals surface area (Å²) in [6.07, 6.45) is 1.47. The molecule has 2 heterocycles. The summed E-state index contributed by atoms with van der Waals surface area (Å²) < 4.78 is 17.2. The zero-order valence-electron chi connectivity index (χ0n) is 17.3. The molecule has 2 aliphatic rings. The van der Waals surface area contributed by atoms with Gasteiger partial charge in [0.15, 0.2) is 5.96 Å². The number of guanidine groups is 1. The number of ether oxygens (including phenoxy) is 3. The smallest absolute Gasteiger partial charge is 0.349 e. The molecular formula is C23H27N3O5. The number of carboxylic acid groups (broad SMARTS) is 1. The number of carbonyl (C=O) groups is 1. The van der Waals surface area contributed by atoms with Crippen molar-refractivity contribution in [3.63, 3.8) is 0 Å². The molecule has 0 radical (unpaired) electrons. The van der Waals surface area contributed by atoms with E-state index in [4.69, 9.17) is 25.4 Å². The highest BCUT2D eigenvalue weighted by molar-refractivity contribution is 5.75. The van der Waals surface area contributed by atoms with Crippen molar-refractivity contribution in [3.05, 3.63) is 59.2 Å². The van der Waals surface area contributed by atoms with Crippen LogP contribution in [0, 0.1) is 5.41 Å². The molecular weight excluding hydrogens is 398 g/mol. The Morgan fingerprint density at radius 2 is 1.84 bits per heavy atom. The topological polar surface area (TPSA) is 118 Å². The van der Waals surface area contributed by atoms with Gasteiger partial charge in [-0.3, -0.25) is 5.41 Å². The van der Waals surface area contributed by atoms with E-state index in [0.29, 0.717) is 43.4 Å². The normalized spacial score (nSPS) is 17.5.